The molecule has 1 aliphatic heterocycles. The Bertz CT molecular complexity index is 1110. The van der Waals surface area contributed by atoms with E-state index in [1.165, 1.54) is 28.6 Å². The van der Waals surface area contributed by atoms with Gasteiger partial charge in [-0.3, -0.25) is 14.5 Å². The molecule has 1 aliphatic rings. The molecule has 0 aliphatic carbocycles. The van der Waals surface area contributed by atoms with E-state index in [1.54, 1.807) is 6.07 Å². The zero-order valence-corrected chi connectivity index (χ0v) is 16.5. The van der Waals surface area contributed by atoms with Crippen LogP contribution in [-0.4, -0.2) is 16.8 Å². The molecule has 0 saturated carbocycles. The van der Waals surface area contributed by atoms with Gasteiger partial charge in [0.15, 0.2) is 11.5 Å². The first-order valence-corrected chi connectivity index (χ1v) is 9.74. The van der Waals surface area contributed by atoms with Gasteiger partial charge in [0.2, 0.25) is 5.78 Å². The molecule has 0 radical (unpaired) electrons. The summed E-state index contributed by atoms with van der Waals surface area (Å²) in [6.45, 7) is 5.89. The summed E-state index contributed by atoms with van der Waals surface area (Å²) in [6, 6.07) is 10.0. The van der Waals surface area contributed by atoms with Crippen LogP contribution in [0.3, 0.4) is 0 Å². The highest BCUT2D eigenvalue weighted by molar-refractivity contribution is 7.10. The fraction of sp³-hybridized carbons (Fsp3) is 0.182. The quantitative estimate of drug-likeness (QED) is 0.630. The number of aliphatic hydroxyl groups is 1. The van der Waals surface area contributed by atoms with Gasteiger partial charge in [-0.25, -0.2) is 0 Å². The van der Waals surface area contributed by atoms with E-state index in [2.05, 4.69) is 0 Å². The SMILES string of the molecule is Cc1ccc(N2C(=O)C(O)=C(C(=O)c3ccco3)C2c2sccc2C)cc1C. The minimum atomic E-state index is -0.702. The Balaban J connectivity index is 1.90. The van der Waals surface area contributed by atoms with E-state index < -0.39 is 23.5 Å². The molecule has 1 atom stereocenters. The van der Waals surface area contributed by atoms with E-state index in [-0.39, 0.29) is 11.3 Å². The Morgan fingerprint density at radius 2 is 1.89 bits per heavy atom. The standard InChI is InChI=1S/C22H19NO4S/c1-12-6-7-15(11-14(12)3)23-18(21-13(2)8-10-28-21)17(20(25)22(23)26)19(24)16-5-4-9-27-16/h4-11,18,25H,1-3H3. The number of furan rings is 1. The fourth-order valence-corrected chi connectivity index (χ4v) is 4.46. The number of nitrogens with zero attached hydrogens (tertiary/aromatic N) is 1. The number of aliphatic hydroxyl groups excluding tert-OH is 1. The number of rotatable bonds is 4. The van der Waals surface area contributed by atoms with Crippen molar-refractivity contribution in [3.8, 4) is 0 Å². The number of Topliss-reactive ketones (excluding diaryl/α,β-unsaturated/α-hetero) is 1. The van der Waals surface area contributed by atoms with Crippen molar-refractivity contribution in [2.75, 3.05) is 4.90 Å². The molecular weight excluding hydrogens is 374 g/mol. The molecule has 1 aromatic carbocycles. The minimum absolute atomic E-state index is 0.0451. The largest absolute Gasteiger partial charge is 0.503 e. The normalized spacial score (nSPS) is 16.9. The number of benzene rings is 1. The first-order chi connectivity index (χ1) is 13.4. The van der Waals surface area contributed by atoms with Crippen molar-refractivity contribution in [1.29, 1.82) is 0 Å². The zero-order valence-electron chi connectivity index (χ0n) is 15.7. The summed E-state index contributed by atoms with van der Waals surface area (Å²) in [5.41, 5.74) is 3.76. The van der Waals surface area contributed by atoms with E-state index >= 15 is 0 Å². The van der Waals surface area contributed by atoms with Gasteiger partial charge in [0.25, 0.3) is 5.91 Å². The molecule has 1 unspecified atom stereocenters. The first kappa shape index (κ1) is 18.3. The highest BCUT2D eigenvalue weighted by atomic mass is 32.1. The lowest BCUT2D eigenvalue weighted by atomic mass is 9.98. The van der Waals surface area contributed by atoms with Crippen LogP contribution in [0.2, 0.25) is 0 Å². The Hall–Kier alpha value is -3.12. The van der Waals surface area contributed by atoms with E-state index in [0.717, 1.165) is 21.6 Å². The van der Waals surface area contributed by atoms with Gasteiger partial charge in [0, 0.05) is 10.6 Å². The van der Waals surface area contributed by atoms with Crippen LogP contribution < -0.4 is 4.90 Å². The van der Waals surface area contributed by atoms with Gasteiger partial charge in [0.05, 0.1) is 11.8 Å². The van der Waals surface area contributed by atoms with Crippen molar-refractivity contribution in [1.82, 2.24) is 0 Å². The van der Waals surface area contributed by atoms with Crippen molar-refractivity contribution in [2.45, 2.75) is 26.8 Å². The molecule has 0 saturated heterocycles. The zero-order chi connectivity index (χ0) is 20.0. The van der Waals surface area contributed by atoms with Crippen molar-refractivity contribution in [2.24, 2.45) is 0 Å². The third-order valence-corrected chi connectivity index (χ3v) is 6.19. The Morgan fingerprint density at radius 3 is 2.50 bits per heavy atom. The number of hydrogen-bond donors (Lipinski definition) is 1. The maximum Gasteiger partial charge on any atom is 0.294 e. The van der Waals surface area contributed by atoms with Gasteiger partial charge in [0.1, 0.15) is 6.04 Å². The van der Waals surface area contributed by atoms with Crippen LogP contribution in [0.25, 0.3) is 0 Å². The molecule has 142 valence electrons. The Morgan fingerprint density at radius 1 is 1.11 bits per heavy atom. The monoisotopic (exact) mass is 393 g/mol. The van der Waals surface area contributed by atoms with Gasteiger partial charge in [-0.2, -0.15) is 0 Å². The number of hydrogen-bond acceptors (Lipinski definition) is 5. The molecule has 3 aromatic rings. The summed E-state index contributed by atoms with van der Waals surface area (Å²) in [7, 11) is 0. The molecule has 3 heterocycles. The topological polar surface area (TPSA) is 70.8 Å². The molecular formula is C22H19NO4S. The maximum absolute atomic E-state index is 13.1. The molecule has 1 amide bonds. The first-order valence-electron chi connectivity index (χ1n) is 8.86. The number of carbonyl (C=O) groups excluding carboxylic acids is 2. The lowest BCUT2D eigenvalue weighted by Crippen LogP contribution is -2.31. The van der Waals surface area contributed by atoms with Crippen LogP contribution in [0.5, 0.6) is 0 Å². The second-order valence-corrected chi connectivity index (χ2v) is 7.83. The number of aryl methyl sites for hydroxylation is 3. The van der Waals surface area contributed by atoms with Crippen LogP contribution in [-0.2, 0) is 4.79 Å². The second-order valence-electron chi connectivity index (χ2n) is 6.88. The smallest absolute Gasteiger partial charge is 0.294 e. The minimum Gasteiger partial charge on any atom is -0.503 e. The third-order valence-electron chi connectivity index (χ3n) is 5.12. The van der Waals surface area contributed by atoms with E-state index in [4.69, 9.17) is 4.42 Å². The molecule has 28 heavy (non-hydrogen) atoms. The van der Waals surface area contributed by atoms with E-state index in [0.29, 0.717) is 5.69 Å². The summed E-state index contributed by atoms with van der Waals surface area (Å²) < 4.78 is 5.24. The van der Waals surface area contributed by atoms with Gasteiger partial charge >= 0.3 is 0 Å². The predicted octanol–water partition coefficient (Wildman–Crippen LogP) is 5.05. The van der Waals surface area contributed by atoms with Crippen molar-refractivity contribution >= 4 is 28.7 Å². The Kier molecular flexibility index (Phi) is 4.43. The number of carbonyl (C=O) groups is 2. The van der Waals surface area contributed by atoms with Gasteiger partial charge in [-0.15, -0.1) is 11.3 Å². The number of amides is 1. The summed E-state index contributed by atoms with van der Waals surface area (Å²) in [6.07, 6.45) is 1.40. The summed E-state index contributed by atoms with van der Waals surface area (Å²) in [5, 5.41) is 12.6. The second kappa shape index (κ2) is 6.80. The lowest BCUT2D eigenvalue weighted by molar-refractivity contribution is -0.117. The molecule has 0 spiro atoms. The van der Waals surface area contributed by atoms with Gasteiger partial charge in [-0.1, -0.05) is 6.07 Å². The lowest BCUT2D eigenvalue weighted by Gasteiger charge is -2.27. The molecule has 0 fully saturated rings. The van der Waals surface area contributed by atoms with Crippen LogP contribution in [0.4, 0.5) is 5.69 Å². The average Bonchev–Trinajstić information content (AvgIpc) is 3.39. The van der Waals surface area contributed by atoms with Crippen molar-refractivity contribution in [3.63, 3.8) is 0 Å². The highest BCUT2D eigenvalue weighted by Crippen LogP contribution is 2.44. The number of anilines is 1. The molecule has 1 N–H and O–H groups in total. The maximum atomic E-state index is 13.1. The summed E-state index contributed by atoms with van der Waals surface area (Å²) >= 11 is 1.45. The van der Waals surface area contributed by atoms with Crippen LogP contribution in [0, 0.1) is 20.8 Å². The Labute approximate surface area is 166 Å². The molecule has 5 nitrogen and oxygen atoms in total. The fourth-order valence-electron chi connectivity index (χ4n) is 3.43. The van der Waals surface area contributed by atoms with E-state index in [1.807, 2.05) is 50.4 Å². The van der Waals surface area contributed by atoms with Crippen LogP contribution >= 0.6 is 11.3 Å². The molecule has 0 bridgehead atoms. The molecule has 4 rings (SSSR count). The van der Waals surface area contributed by atoms with Gasteiger partial charge < -0.3 is 9.52 Å². The number of thiophene rings is 1. The molecule has 2 aromatic heterocycles. The number of ketones is 1. The van der Waals surface area contributed by atoms with Gasteiger partial charge in [-0.05, 0) is 73.2 Å². The van der Waals surface area contributed by atoms with Crippen molar-refractivity contribution < 1.29 is 19.1 Å². The molecule has 6 heteroatoms. The van der Waals surface area contributed by atoms with Crippen LogP contribution in [0.1, 0.15) is 38.2 Å². The third kappa shape index (κ3) is 2.77. The summed E-state index contributed by atoms with van der Waals surface area (Å²) in [4.78, 5) is 28.5. The van der Waals surface area contributed by atoms with Crippen molar-refractivity contribution in [3.05, 3.63) is 86.7 Å². The van der Waals surface area contributed by atoms with E-state index in [9.17, 15) is 14.7 Å². The highest BCUT2D eigenvalue weighted by Gasteiger charge is 2.46. The summed E-state index contributed by atoms with van der Waals surface area (Å²) in [5.74, 6) is -1.51. The predicted molar refractivity (Wildman–Crippen MR) is 108 cm³/mol. The average molecular weight is 393 g/mol. The van der Waals surface area contributed by atoms with Crippen LogP contribution in [0.15, 0.2) is 63.8 Å².